The van der Waals surface area contributed by atoms with Crippen LogP contribution in [0.25, 0.3) is 0 Å². The summed E-state index contributed by atoms with van der Waals surface area (Å²) in [4.78, 5) is 11.6. The third kappa shape index (κ3) is 2.38. The Morgan fingerprint density at radius 1 is 1.19 bits per heavy atom. The largest absolute Gasteiger partial charge is 0.402 e. The molecule has 0 amide bonds. The van der Waals surface area contributed by atoms with Crippen LogP contribution in [0, 0.1) is 6.92 Å². The van der Waals surface area contributed by atoms with Crippen LogP contribution in [0.4, 0.5) is 0 Å². The van der Waals surface area contributed by atoms with E-state index < -0.39 is 5.97 Å². The van der Waals surface area contributed by atoms with Crippen molar-refractivity contribution in [3.63, 3.8) is 0 Å². The highest BCUT2D eigenvalue weighted by Gasteiger charge is 2.08. The number of hydrogen-bond acceptors (Lipinski definition) is 5. The van der Waals surface area contributed by atoms with Crippen LogP contribution in [0.15, 0.2) is 36.5 Å². The van der Waals surface area contributed by atoms with Crippen molar-refractivity contribution in [3.8, 4) is 5.88 Å². The van der Waals surface area contributed by atoms with Gasteiger partial charge >= 0.3 is 5.97 Å². The molecule has 0 aliphatic carbocycles. The lowest BCUT2D eigenvalue weighted by atomic mass is 10.1. The zero-order valence-electron chi connectivity index (χ0n) is 8.62. The van der Waals surface area contributed by atoms with Crippen molar-refractivity contribution < 1.29 is 9.53 Å². The number of nitrogens with zero attached hydrogens (tertiary/aromatic N) is 3. The first kappa shape index (κ1) is 10.2. The highest BCUT2D eigenvalue weighted by atomic mass is 16.5. The van der Waals surface area contributed by atoms with Gasteiger partial charge in [-0.2, -0.15) is 0 Å². The molecule has 0 N–H and O–H groups in total. The van der Waals surface area contributed by atoms with Gasteiger partial charge in [0.25, 0.3) is 0 Å². The number of hydrogen-bond donors (Lipinski definition) is 0. The summed E-state index contributed by atoms with van der Waals surface area (Å²) in [6.45, 7) is 1.95. The van der Waals surface area contributed by atoms with Gasteiger partial charge in [0.15, 0.2) is 0 Å². The third-order valence-corrected chi connectivity index (χ3v) is 1.96. The number of esters is 1. The van der Waals surface area contributed by atoms with Crippen LogP contribution in [0.2, 0.25) is 0 Å². The molecular weight excluding hydrogens is 206 g/mol. The first-order chi connectivity index (χ1) is 7.75. The highest BCUT2D eigenvalue weighted by Crippen LogP contribution is 2.08. The summed E-state index contributed by atoms with van der Waals surface area (Å²) < 4.78 is 4.99. The molecular formula is C11H9N3O2. The Hall–Kier alpha value is -2.30. The summed E-state index contributed by atoms with van der Waals surface area (Å²) in [6.07, 6.45) is 1.41. The quantitative estimate of drug-likeness (QED) is 0.708. The predicted octanol–water partition coefficient (Wildman–Crippen LogP) is 1.40. The van der Waals surface area contributed by atoms with E-state index in [1.165, 1.54) is 12.3 Å². The van der Waals surface area contributed by atoms with E-state index in [4.69, 9.17) is 4.74 Å². The molecule has 0 aliphatic rings. The van der Waals surface area contributed by atoms with Crippen molar-refractivity contribution in [2.75, 3.05) is 0 Å². The van der Waals surface area contributed by atoms with E-state index in [1.54, 1.807) is 12.1 Å². The van der Waals surface area contributed by atoms with Crippen LogP contribution in [0.5, 0.6) is 5.88 Å². The predicted molar refractivity (Wildman–Crippen MR) is 56.0 cm³/mol. The normalized spacial score (nSPS) is 9.81. The van der Waals surface area contributed by atoms with Crippen LogP contribution in [0.1, 0.15) is 15.9 Å². The molecule has 5 heteroatoms. The van der Waals surface area contributed by atoms with Gasteiger partial charge in [0.1, 0.15) is 0 Å². The van der Waals surface area contributed by atoms with Gasteiger partial charge in [0.2, 0.25) is 5.88 Å². The van der Waals surface area contributed by atoms with Crippen molar-refractivity contribution in [2.45, 2.75) is 6.92 Å². The van der Waals surface area contributed by atoms with Gasteiger partial charge in [0, 0.05) is 6.07 Å². The molecule has 80 valence electrons. The minimum atomic E-state index is -0.458. The Labute approximate surface area is 92.1 Å². The van der Waals surface area contributed by atoms with Gasteiger partial charge in [-0.3, -0.25) is 0 Å². The Morgan fingerprint density at radius 2 is 1.94 bits per heavy atom. The zero-order chi connectivity index (χ0) is 11.4. The molecule has 0 aliphatic heterocycles. The first-order valence-corrected chi connectivity index (χ1v) is 4.69. The second-order valence-electron chi connectivity index (χ2n) is 3.21. The fraction of sp³-hybridized carbons (Fsp3) is 0.0909. The van der Waals surface area contributed by atoms with Crippen molar-refractivity contribution in [2.24, 2.45) is 0 Å². The molecule has 1 heterocycles. The lowest BCUT2D eigenvalue weighted by molar-refractivity contribution is 0.0725. The van der Waals surface area contributed by atoms with Gasteiger partial charge in [0.05, 0.1) is 11.8 Å². The molecule has 0 radical (unpaired) electrons. The molecule has 0 spiro atoms. The van der Waals surface area contributed by atoms with Gasteiger partial charge in [-0.25, -0.2) is 4.79 Å². The smallest absolute Gasteiger partial charge is 0.344 e. The summed E-state index contributed by atoms with van der Waals surface area (Å²) in [7, 11) is 0. The lowest BCUT2D eigenvalue weighted by Crippen LogP contribution is -2.09. The van der Waals surface area contributed by atoms with Crippen molar-refractivity contribution >= 4 is 5.97 Å². The van der Waals surface area contributed by atoms with E-state index in [1.807, 2.05) is 19.1 Å². The summed E-state index contributed by atoms with van der Waals surface area (Å²) >= 11 is 0. The number of aryl methyl sites for hydroxylation is 1. The van der Waals surface area contributed by atoms with Crippen molar-refractivity contribution in [1.82, 2.24) is 15.4 Å². The summed E-state index contributed by atoms with van der Waals surface area (Å²) in [5.74, 6) is -0.318. The van der Waals surface area contributed by atoms with Crippen LogP contribution < -0.4 is 4.74 Å². The van der Waals surface area contributed by atoms with Crippen LogP contribution in [-0.2, 0) is 0 Å². The average molecular weight is 215 g/mol. The van der Waals surface area contributed by atoms with E-state index in [0.717, 1.165) is 5.56 Å². The molecule has 2 rings (SSSR count). The summed E-state index contributed by atoms with van der Waals surface area (Å²) in [5.41, 5.74) is 1.56. The van der Waals surface area contributed by atoms with Crippen LogP contribution in [0.3, 0.4) is 0 Å². The maximum absolute atomic E-state index is 11.6. The van der Waals surface area contributed by atoms with Gasteiger partial charge in [-0.1, -0.05) is 22.8 Å². The van der Waals surface area contributed by atoms with E-state index in [0.29, 0.717) is 5.56 Å². The van der Waals surface area contributed by atoms with Crippen LogP contribution >= 0.6 is 0 Å². The number of benzene rings is 1. The van der Waals surface area contributed by atoms with E-state index in [9.17, 15) is 4.79 Å². The Morgan fingerprint density at radius 3 is 2.56 bits per heavy atom. The number of aromatic nitrogens is 3. The van der Waals surface area contributed by atoms with Crippen molar-refractivity contribution in [1.29, 1.82) is 0 Å². The zero-order valence-corrected chi connectivity index (χ0v) is 8.62. The van der Waals surface area contributed by atoms with E-state index in [2.05, 4.69) is 15.4 Å². The monoisotopic (exact) mass is 215 g/mol. The Kier molecular flexibility index (Phi) is 2.86. The average Bonchev–Trinajstić information content (AvgIpc) is 2.31. The Bertz CT molecular complexity index is 482. The fourth-order valence-electron chi connectivity index (χ4n) is 1.13. The van der Waals surface area contributed by atoms with Gasteiger partial charge in [-0.05, 0) is 24.3 Å². The minimum absolute atomic E-state index is 0.139. The lowest BCUT2D eigenvalue weighted by Gasteiger charge is -2.01. The molecule has 1 aromatic heterocycles. The highest BCUT2D eigenvalue weighted by molar-refractivity contribution is 5.90. The maximum Gasteiger partial charge on any atom is 0.344 e. The first-order valence-electron chi connectivity index (χ1n) is 4.69. The molecule has 0 unspecified atom stereocenters. The molecule has 16 heavy (non-hydrogen) atoms. The SMILES string of the molecule is Cc1ccc(C(=O)Oc2ccnnn2)cc1. The van der Waals surface area contributed by atoms with Gasteiger partial charge < -0.3 is 4.74 Å². The molecule has 0 bridgehead atoms. The third-order valence-electron chi connectivity index (χ3n) is 1.96. The second-order valence-corrected chi connectivity index (χ2v) is 3.21. The fourth-order valence-corrected chi connectivity index (χ4v) is 1.13. The minimum Gasteiger partial charge on any atom is -0.402 e. The molecule has 5 nitrogen and oxygen atoms in total. The molecule has 0 fully saturated rings. The number of rotatable bonds is 2. The molecule has 0 saturated carbocycles. The standard InChI is InChI=1S/C11H9N3O2/c1-8-2-4-9(5-3-8)11(15)16-10-6-7-12-14-13-10/h2-7H,1H3. The number of carbonyl (C=O) groups is 1. The number of ether oxygens (including phenoxy) is 1. The number of carbonyl (C=O) groups excluding carboxylic acids is 1. The molecule has 1 aromatic carbocycles. The maximum atomic E-state index is 11.6. The van der Waals surface area contributed by atoms with Crippen molar-refractivity contribution in [3.05, 3.63) is 47.7 Å². The molecule has 0 atom stereocenters. The van der Waals surface area contributed by atoms with Gasteiger partial charge in [-0.15, -0.1) is 5.10 Å². The topological polar surface area (TPSA) is 65.0 Å². The van der Waals surface area contributed by atoms with E-state index >= 15 is 0 Å². The summed E-state index contributed by atoms with van der Waals surface area (Å²) in [5, 5.41) is 10.4. The summed E-state index contributed by atoms with van der Waals surface area (Å²) in [6, 6.07) is 8.56. The second kappa shape index (κ2) is 4.48. The molecule has 2 aromatic rings. The molecule has 0 saturated heterocycles. The Balaban J connectivity index is 2.12. The van der Waals surface area contributed by atoms with E-state index in [-0.39, 0.29) is 5.88 Å². The van der Waals surface area contributed by atoms with Crippen LogP contribution in [-0.4, -0.2) is 21.4 Å².